The van der Waals surface area contributed by atoms with Crippen LogP contribution < -0.4 is 14.8 Å². The Hall–Kier alpha value is -2.67. The lowest BCUT2D eigenvalue weighted by Crippen LogP contribution is -2.30. The van der Waals surface area contributed by atoms with Gasteiger partial charge in [-0.1, -0.05) is 36.9 Å². The first-order chi connectivity index (χ1) is 14.7. The van der Waals surface area contributed by atoms with Gasteiger partial charge in [0.15, 0.2) is 11.5 Å². The zero-order valence-electron chi connectivity index (χ0n) is 18.0. The first-order valence-electron chi connectivity index (χ1n) is 10.3. The van der Waals surface area contributed by atoms with Crippen molar-refractivity contribution in [3.8, 4) is 11.5 Å². The van der Waals surface area contributed by atoms with Gasteiger partial charge < -0.3 is 14.8 Å². The van der Waals surface area contributed by atoms with Crippen LogP contribution in [0.2, 0.25) is 0 Å². The molecular weight excluding hydrogens is 405 g/mol. The molecule has 0 aromatic heterocycles. The Morgan fingerprint density at radius 1 is 1.13 bits per heavy atom. The second-order valence-corrected chi connectivity index (χ2v) is 7.86. The Balaban J connectivity index is 1.62. The van der Waals surface area contributed by atoms with Crippen LogP contribution in [0.5, 0.6) is 11.5 Å². The first kappa shape index (κ1) is 23.0. The highest BCUT2D eigenvalue weighted by atomic mass is 19.4. The third-order valence-corrected chi connectivity index (χ3v) is 5.26. The maximum atomic E-state index is 12.4. The molecule has 2 aromatic carbocycles. The van der Waals surface area contributed by atoms with Crippen LogP contribution in [0.1, 0.15) is 35.6 Å². The van der Waals surface area contributed by atoms with Gasteiger partial charge in [0.1, 0.15) is 0 Å². The van der Waals surface area contributed by atoms with E-state index in [-0.39, 0.29) is 0 Å². The molecule has 31 heavy (non-hydrogen) atoms. The number of nitrogens with one attached hydrogen (secondary N) is 1. The van der Waals surface area contributed by atoms with Crippen LogP contribution in [-0.4, -0.2) is 31.3 Å². The molecule has 1 heterocycles. The van der Waals surface area contributed by atoms with Crippen molar-refractivity contribution >= 4 is 0 Å². The number of benzene rings is 2. The van der Waals surface area contributed by atoms with Crippen LogP contribution in [0.3, 0.4) is 0 Å². The highest BCUT2D eigenvalue weighted by Gasteiger charge is 2.28. The molecule has 0 unspecified atom stereocenters. The molecule has 1 aliphatic rings. The van der Waals surface area contributed by atoms with Gasteiger partial charge in [-0.15, -0.1) is 0 Å². The smallest absolute Gasteiger partial charge is 0.392 e. The van der Waals surface area contributed by atoms with E-state index in [1.165, 1.54) is 18.2 Å². The Morgan fingerprint density at radius 3 is 2.48 bits per heavy atom. The fourth-order valence-corrected chi connectivity index (χ4v) is 3.68. The minimum absolute atomic E-state index is 0.373. The summed E-state index contributed by atoms with van der Waals surface area (Å²) in [5.41, 5.74) is 5.53. The van der Waals surface area contributed by atoms with Gasteiger partial charge in [-0.25, -0.2) is 0 Å². The summed E-state index contributed by atoms with van der Waals surface area (Å²) >= 11 is 0. The van der Waals surface area contributed by atoms with E-state index in [2.05, 4.69) is 41.1 Å². The van der Waals surface area contributed by atoms with Crippen LogP contribution in [0.15, 0.2) is 48.7 Å². The van der Waals surface area contributed by atoms with Gasteiger partial charge in [-0.2, -0.15) is 13.2 Å². The average Bonchev–Trinajstić information content (AvgIpc) is 2.72. The monoisotopic (exact) mass is 434 g/mol. The van der Waals surface area contributed by atoms with E-state index in [0.29, 0.717) is 11.5 Å². The molecule has 0 saturated heterocycles. The molecule has 0 aliphatic carbocycles. The van der Waals surface area contributed by atoms with Crippen molar-refractivity contribution in [1.29, 1.82) is 0 Å². The Kier molecular flexibility index (Phi) is 7.49. The molecule has 168 valence electrons. The van der Waals surface area contributed by atoms with Gasteiger partial charge in [0.2, 0.25) is 0 Å². The van der Waals surface area contributed by atoms with E-state index in [4.69, 9.17) is 9.47 Å². The molecule has 3 rings (SSSR count). The number of alkyl halides is 3. The number of allylic oxidation sites excluding steroid dienone is 1. The fourth-order valence-electron chi connectivity index (χ4n) is 3.68. The molecular formula is C24H29F3N2O2. The number of hydrogen-bond acceptors (Lipinski definition) is 4. The van der Waals surface area contributed by atoms with Crippen LogP contribution >= 0.6 is 0 Å². The quantitative estimate of drug-likeness (QED) is 0.588. The molecule has 2 aromatic rings. The van der Waals surface area contributed by atoms with Gasteiger partial charge in [-0.3, -0.25) is 4.90 Å². The van der Waals surface area contributed by atoms with Crippen LogP contribution in [-0.2, 0) is 26.1 Å². The highest BCUT2D eigenvalue weighted by molar-refractivity contribution is 5.51. The van der Waals surface area contributed by atoms with Gasteiger partial charge >= 0.3 is 6.18 Å². The van der Waals surface area contributed by atoms with Crippen LogP contribution in [0.4, 0.5) is 13.2 Å². The molecule has 1 N–H and O–H groups in total. The van der Waals surface area contributed by atoms with E-state index in [1.807, 2.05) is 13.0 Å². The van der Waals surface area contributed by atoms with Crippen molar-refractivity contribution in [2.24, 2.45) is 0 Å². The zero-order valence-corrected chi connectivity index (χ0v) is 18.0. The molecule has 4 nitrogen and oxygen atoms in total. The van der Waals surface area contributed by atoms with Crippen molar-refractivity contribution in [3.63, 3.8) is 0 Å². The standard InChI is InChI=1S/C24H29F3N2O2/c1-17(2)28-14-18-4-6-19(7-5-18)15-29-12-10-21-20(16-29)8-9-22(23(21)30-3)31-13-11-24(25,26)27/h4-9,28H,1,10-16H2,2-3H3. The predicted octanol–water partition coefficient (Wildman–Crippen LogP) is 5.21. The van der Waals surface area contributed by atoms with Crippen molar-refractivity contribution in [2.45, 2.75) is 45.6 Å². The molecule has 0 spiro atoms. The van der Waals surface area contributed by atoms with E-state index in [9.17, 15) is 13.2 Å². The fraction of sp³-hybridized carbons (Fsp3) is 0.417. The highest BCUT2D eigenvalue weighted by Crippen LogP contribution is 2.37. The van der Waals surface area contributed by atoms with Gasteiger partial charge in [0.05, 0.1) is 20.1 Å². The summed E-state index contributed by atoms with van der Waals surface area (Å²) in [7, 11) is 1.53. The largest absolute Gasteiger partial charge is 0.493 e. The van der Waals surface area contributed by atoms with Gasteiger partial charge in [0.25, 0.3) is 0 Å². The van der Waals surface area contributed by atoms with Crippen LogP contribution in [0.25, 0.3) is 0 Å². The molecule has 0 bridgehead atoms. The number of methoxy groups -OCH3 is 1. The summed E-state index contributed by atoms with van der Waals surface area (Å²) in [6.07, 6.45) is -4.46. The maximum Gasteiger partial charge on any atom is 0.392 e. The molecule has 7 heteroatoms. The Bertz CT molecular complexity index is 895. The number of hydrogen-bond donors (Lipinski definition) is 1. The minimum atomic E-state index is -4.23. The van der Waals surface area contributed by atoms with Crippen molar-refractivity contribution in [1.82, 2.24) is 10.2 Å². The Morgan fingerprint density at radius 2 is 1.84 bits per heavy atom. The Labute approximate surface area is 181 Å². The summed E-state index contributed by atoms with van der Waals surface area (Å²) < 4.78 is 48.1. The van der Waals surface area contributed by atoms with Crippen molar-refractivity contribution < 1.29 is 22.6 Å². The second kappa shape index (κ2) is 10.1. The lowest BCUT2D eigenvalue weighted by molar-refractivity contribution is -0.139. The summed E-state index contributed by atoms with van der Waals surface area (Å²) in [4.78, 5) is 2.35. The summed E-state index contributed by atoms with van der Waals surface area (Å²) in [6.45, 7) is 8.57. The maximum absolute atomic E-state index is 12.4. The summed E-state index contributed by atoms with van der Waals surface area (Å²) in [5.74, 6) is 0.923. The second-order valence-electron chi connectivity index (χ2n) is 7.86. The van der Waals surface area contributed by atoms with E-state index >= 15 is 0 Å². The van der Waals surface area contributed by atoms with Crippen molar-refractivity contribution in [3.05, 3.63) is 70.9 Å². The van der Waals surface area contributed by atoms with E-state index in [0.717, 1.165) is 49.4 Å². The number of ether oxygens (including phenoxy) is 2. The number of nitrogens with zero attached hydrogens (tertiary/aromatic N) is 1. The average molecular weight is 435 g/mol. The first-order valence-corrected chi connectivity index (χ1v) is 10.3. The van der Waals surface area contributed by atoms with Gasteiger partial charge in [-0.05, 0) is 36.1 Å². The predicted molar refractivity (Wildman–Crippen MR) is 115 cm³/mol. The molecule has 1 aliphatic heterocycles. The normalized spacial score (nSPS) is 14.1. The van der Waals surface area contributed by atoms with E-state index < -0.39 is 19.2 Å². The minimum Gasteiger partial charge on any atom is -0.493 e. The third kappa shape index (κ3) is 6.66. The molecule has 0 amide bonds. The zero-order chi connectivity index (χ0) is 22.4. The molecule has 0 saturated carbocycles. The van der Waals surface area contributed by atoms with Crippen LogP contribution in [0, 0.1) is 0 Å². The number of rotatable bonds is 9. The van der Waals surface area contributed by atoms with E-state index in [1.54, 1.807) is 6.07 Å². The number of halogens is 3. The molecule has 0 radical (unpaired) electrons. The molecule has 0 fully saturated rings. The van der Waals surface area contributed by atoms with Gasteiger partial charge in [0, 0.05) is 37.4 Å². The topological polar surface area (TPSA) is 33.7 Å². The number of fused-ring (bicyclic) bond motifs is 1. The van der Waals surface area contributed by atoms with Crippen molar-refractivity contribution in [2.75, 3.05) is 20.3 Å². The molecule has 0 atom stereocenters. The lowest BCUT2D eigenvalue weighted by atomic mass is 9.97. The summed E-state index contributed by atoms with van der Waals surface area (Å²) in [6, 6.07) is 12.2. The lowest BCUT2D eigenvalue weighted by Gasteiger charge is -2.30. The third-order valence-electron chi connectivity index (χ3n) is 5.26. The SMILES string of the molecule is C=C(C)NCc1ccc(CN2CCc3c(ccc(OCCC(F)(F)F)c3OC)C2)cc1. The summed E-state index contributed by atoms with van der Waals surface area (Å²) in [5, 5.41) is 3.23.